The quantitative estimate of drug-likeness (QED) is 0.858. The maximum Gasteiger partial charge on any atom is 0.119 e. The minimum absolute atomic E-state index is 0.838. The molecule has 112 valence electrons. The topological polar surface area (TPSA) is 24.5 Å². The van der Waals surface area contributed by atoms with E-state index in [1.54, 1.807) is 7.11 Å². The molecule has 4 heteroatoms. The number of halogens is 1. The lowest BCUT2D eigenvalue weighted by atomic mass is 10.1. The number of methoxy groups -OCH3 is 1. The molecule has 2 rings (SSSR count). The van der Waals surface area contributed by atoms with E-state index in [1.807, 2.05) is 19.2 Å². The zero-order chi connectivity index (χ0) is 15.2. The van der Waals surface area contributed by atoms with Crippen LogP contribution in [-0.4, -0.2) is 21.2 Å². The van der Waals surface area contributed by atoms with Crippen molar-refractivity contribution in [3.63, 3.8) is 0 Å². The Morgan fingerprint density at radius 2 is 2.00 bits per heavy atom. The number of hydrogen-bond donors (Lipinski definition) is 1. The van der Waals surface area contributed by atoms with Gasteiger partial charge in [-0.1, -0.05) is 34.1 Å². The number of nitrogens with one attached hydrogen (secondary N) is 1. The van der Waals surface area contributed by atoms with Gasteiger partial charge < -0.3 is 15.0 Å². The summed E-state index contributed by atoms with van der Waals surface area (Å²) in [5, 5.41) is 3.22. The molecule has 0 aliphatic carbocycles. The molecule has 0 aromatic heterocycles. The van der Waals surface area contributed by atoms with Crippen LogP contribution in [0.3, 0.4) is 0 Å². The average Bonchev–Trinajstić information content (AvgIpc) is 2.49. The highest BCUT2D eigenvalue weighted by molar-refractivity contribution is 9.10. The third-order valence-electron chi connectivity index (χ3n) is 3.38. The number of ether oxygens (including phenoxy) is 1. The van der Waals surface area contributed by atoms with Crippen LogP contribution in [0.1, 0.15) is 11.1 Å². The molecular weight excluding hydrogens is 328 g/mol. The van der Waals surface area contributed by atoms with Crippen molar-refractivity contribution in [2.45, 2.75) is 13.1 Å². The van der Waals surface area contributed by atoms with Gasteiger partial charge in [0, 0.05) is 30.3 Å². The second kappa shape index (κ2) is 7.48. The number of benzene rings is 2. The Hall–Kier alpha value is -1.52. The average molecular weight is 349 g/mol. The molecule has 0 aliphatic heterocycles. The van der Waals surface area contributed by atoms with Gasteiger partial charge in [-0.05, 0) is 42.4 Å². The first-order chi connectivity index (χ1) is 10.1. The highest BCUT2D eigenvalue weighted by Crippen LogP contribution is 2.26. The standard InChI is InChI=1S/C17H21BrN2O/c1-19-11-14-7-8-15(18)10-17(14)20(2)12-13-5-4-6-16(9-13)21-3/h4-10,19H,11-12H2,1-3H3. The summed E-state index contributed by atoms with van der Waals surface area (Å²) >= 11 is 3.56. The number of anilines is 1. The van der Waals surface area contributed by atoms with Crippen molar-refractivity contribution in [3.8, 4) is 5.75 Å². The van der Waals surface area contributed by atoms with E-state index in [0.717, 1.165) is 23.3 Å². The predicted molar refractivity (Wildman–Crippen MR) is 92.0 cm³/mol. The molecular formula is C17H21BrN2O. The van der Waals surface area contributed by atoms with Crippen molar-refractivity contribution in [3.05, 3.63) is 58.1 Å². The van der Waals surface area contributed by atoms with Gasteiger partial charge in [0.2, 0.25) is 0 Å². The van der Waals surface area contributed by atoms with Gasteiger partial charge in [-0.2, -0.15) is 0 Å². The molecule has 0 atom stereocenters. The minimum Gasteiger partial charge on any atom is -0.497 e. The molecule has 0 heterocycles. The summed E-state index contributed by atoms with van der Waals surface area (Å²) in [5.74, 6) is 0.894. The SMILES string of the molecule is CNCc1ccc(Br)cc1N(C)Cc1cccc(OC)c1. The smallest absolute Gasteiger partial charge is 0.119 e. The maximum absolute atomic E-state index is 5.29. The molecule has 3 nitrogen and oxygen atoms in total. The van der Waals surface area contributed by atoms with E-state index in [9.17, 15) is 0 Å². The van der Waals surface area contributed by atoms with E-state index < -0.39 is 0 Å². The van der Waals surface area contributed by atoms with Crippen molar-refractivity contribution in [1.82, 2.24) is 5.32 Å². The van der Waals surface area contributed by atoms with Gasteiger partial charge in [0.1, 0.15) is 5.75 Å². The van der Waals surface area contributed by atoms with Crippen LogP contribution in [0.2, 0.25) is 0 Å². The Kier molecular flexibility index (Phi) is 5.65. The first kappa shape index (κ1) is 15.9. The highest BCUT2D eigenvalue weighted by Gasteiger charge is 2.09. The number of rotatable bonds is 6. The lowest BCUT2D eigenvalue weighted by Crippen LogP contribution is -2.19. The molecule has 1 N–H and O–H groups in total. The van der Waals surface area contributed by atoms with Crippen molar-refractivity contribution in [1.29, 1.82) is 0 Å². The Bertz CT molecular complexity index is 601. The molecule has 0 spiro atoms. The monoisotopic (exact) mass is 348 g/mol. The van der Waals surface area contributed by atoms with Crippen LogP contribution >= 0.6 is 15.9 Å². The first-order valence-electron chi connectivity index (χ1n) is 6.91. The van der Waals surface area contributed by atoms with Crippen LogP contribution in [0.4, 0.5) is 5.69 Å². The fourth-order valence-electron chi connectivity index (χ4n) is 2.36. The zero-order valence-corrected chi connectivity index (χ0v) is 14.3. The van der Waals surface area contributed by atoms with E-state index >= 15 is 0 Å². The minimum atomic E-state index is 0.838. The summed E-state index contributed by atoms with van der Waals surface area (Å²) in [6, 6.07) is 14.6. The first-order valence-corrected chi connectivity index (χ1v) is 7.70. The molecule has 0 fully saturated rings. The van der Waals surface area contributed by atoms with Crippen molar-refractivity contribution in [2.75, 3.05) is 26.1 Å². The summed E-state index contributed by atoms with van der Waals surface area (Å²) in [6.07, 6.45) is 0. The Morgan fingerprint density at radius 1 is 1.19 bits per heavy atom. The number of nitrogens with zero attached hydrogens (tertiary/aromatic N) is 1. The third-order valence-corrected chi connectivity index (χ3v) is 3.87. The molecule has 2 aromatic rings. The van der Waals surface area contributed by atoms with Crippen LogP contribution in [0.15, 0.2) is 46.9 Å². The van der Waals surface area contributed by atoms with Crippen LogP contribution in [0.5, 0.6) is 5.75 Å². The third kappa shape index (κ3) is 4.22. The lowest BCUT2D eigenvalue weighted by molar-refractivity contribution is 0.414. The Balaban J connectivity index is 2.22. The number of hydrogen-bond acceptors (Lipinski definition) is 3. The molecule has 2 aromatic carbocycles. The highest BCUT2D eigenvalue weighted by atomic mass is 79.9. The van der Waals surface area contributed by atoms with Gasteiger partial charge in [0.25, 0.3) is 0 Å². The molecule has 0 saturated carbocycles. The van der Waals surface area contributed by atoms with E-state index in [2.05, 4.69) is 63.5 Å². The van der Waals surface area contributed by atoms with Crippen molar-refractivity contribution < 1.29 is 4.74 Å². The van der Waals surface area contributed by atoms with E-state index in [1.165, 1.54) is 16.8 Å². The molecule has 0 aliphatic rings. The van der Waals surface area contributed by atoms with Gasteiger partial charge in [-0.3, -0.25) is 0 Å². The van der Waals surface area contributed by atoms with Crippen LogP contribution in [0, 0.1) is 0 Å². The summed E-state index contributed by atoms with van der Waals surface area (Å²) in [6.45, 7) is 1.69. The summed E-state index contributed by atoms with van der Waals surface area (Å²) in [5.41, 5.74) is 3.74. The van der Waals surface area contributed by atoms with Crippen LogP contribution in [0.25, 0.3) is 0 Å². The summed E-state index contributed by atoms with van der Waals surface area (Å²) < 4.78 is 6.38. The summed E-state index contributed by atoms with van der Waals surface area (Å²) in [4.78, 5) is 2.26. The predicted octanol–water partition coefficient (Wildman–Crippen LogP) is 3.81. The Morgan fingerprint density at radius 3 is 2.71 bits per heavy atom. The summed E-state index contributed by atoms with van der Waals surface area (Å²) in [7, 11) is 5.77. The van der Waals surface area contributed by atoms with E-state index in [4.69, 9.17) is 4.74 Å². The van der Waals surface area contributed by atoms with Crippen LogP contribution in [-0.2, 0) is 13.1 Å². The van der Waals surface area contributed by atoms with Gasteiger partial charge in [0.05, 0.1) is 7.11 Å². The van der Waals surface area contributed by atoms with E-state index in [-0.39, 0.29) is 0 Å². The molecule has 0 radical (unpaired) electrons. The second-order valence-electron chi connectivity index (χ2n) is 5.01. The lowest BCUT2D eigenvalue weighted by Gasteiger charge is -2.23. The van der Waals surface area contributed by atoms with Crippen molar-refractivity contribution in [2.24, 2.45) is 0 Å². The normalized spacial score (nSPS) is 10.5. The molecule has 21 heavy (non-hydrogen) atoms. The maximum atomic E-state index is 5.29. The zero-order valence-electron chi connectivity index (χ0n) is 12.7. The van der Waals surface area contributed by atoms with Gasteiger partial charge >= 0.3 is 0 Å². The van der Waals surface area contributed by atoms with Crippen LogP contribution < -0.4 is 15.0 Å². The fraction of sp³-hybridized carbons (Fsp3) is 0.294. The molecule has 0 amide bonds. The van der Waals surface area contributed by atoms with E-state index in [0.29, 0.717) is 0 Å². The van der Waals surface area contributed by atoms with Gasteiger partial charge in [-0.15, -0.1) is 0 Å². The van der Waals surface area contributed by atoms with Gasteiger partial charge in [0.15, 0.2) is 0 Å². The molecule has 0 saturated heterocycles. The molecule has 0 bridgehead atoms. The second-order valence-corrected chi connectivity index (χ2v) is 5.93. The molecule has 0 unspecified atom stereocenters. The largest absolute Gasteiger partial charge is 0.497 e. The van der Waals surface area contributed by atoms with Gasteiger partial charge in [-0.25, -0.2) is 0 Å². The van der Waals surface area contributed by atoms with Crippen molar-refractivity contribution >= 4 is 21.6 Å². The fourth-order valence-corrected chi connectivity index (χ4v) is 2.71. The Labute approximate surface area is 135 Å².